The molecule has 0 saturated carbocycles. The molecule has 0 unspecified atom stereocenters. The van der Waals surface area contributed by atoms with Gasteiger partial charge in [0.2, 0.25) is 0 Å². The standard InChI is InChI=1S/C18H10F3N5/c19-18(20,21)10-5-7-11(8-6-10)26-16(23)12(9-22)15-17(26)25-14-4-2-1-3-13(14)24-15/h1-8H,23H2. The van der Waals surface area contributed by atoms with Crippen LogP contribution in [0.15, 0.2) is 48.5 Å². The average Bonchev–Trinajstić information content (AvgIpc) is 2.89. The average molecular weight is 353 g/mol. The summed E-state index contributed by atoms with van der Waals surface area (Å²) in [7, 11) is 0. The molecule has 2 aromatic heterocycles. The molecule has 0 spiro atoms. The zero-order chi connectivity index (χ0) is 18.5. The van der Waals surface area contributed by atoms with Gasteiger partial charge in [0.1, 0.15) is 23.0 Å². The summed E-state index contributed by atoms with van der Waals surface area (Å²) in [5.41, 5.74) is 7.63. The van der Waals surface area contributed by atoms with E-state index in [9.17, 15) is 18.4 Å². The largest absolute Gasteiger partial charge is 0.416 e. The van der Waals surface area contributed by atoms with E-state index in [0.29, 0.717) is 27.9 Å². The molecule has 2 N–H and O–H groups in total. The molecule has 0 fully saturated rings. The molecular formula is C18H10F3N5. The topological polar surface area (TPSA) is 80.5 Å². The first-order valence-corrected chi connectivity index (χ1v) is 7.54. The van der Waals surface area contributed by atoms with Crippen molar-refractivity contribution < 1.29 is 13.2 Å². The molecule has 0 aliphatic carbocycles. The van der Waals surface area contributed by atoms with Crippen LogP contribution in [0.5, 0.6) is 0 Å². The van der Waals surface area contributed by atoms with Crippen LogP contribution >= 0.6 is 0 Å². The highest BCUT2D eigenvalue weighted by molar-refractivity contribution is 5.93. The number of fused-ring (bicyclic) bond motifs is 2. The van der Waals surface area contributed by atoms with E-state index in [1.807, 2.05) is 6.07 Å². The van der Waals surface area contributed by atoms with E-state index in [4.69, 9.17) is 5.73 Å². The SMILES string of the molecule is N#Cc1c(N)n(-c2ccc(C(F)(F)F)cc2)c2nc3ccccc3nc12. The fourth-order valence-electron chi connectivity index (χ4n) is 2.83. The van der Waals surface area contributed by atoms with Crippen LogP contribution in [-0.4, -0.2) is 14.5 Å². The normalized spacial score (nSPS) is 11.8. The van der Waals surface area contributed by atoms with Gasteiger partial charge in [-0.15, -0.1) is 0 Å². The second-order valence-corrected chi connectivity index (χ2v) is 5.64. The number of anilines is 1. The van der Waals surface area contributed by atoms with E-state index in [-0.39, 0.29) is 11.4 Å². The highest BCUT2D eigenvalue weighted by Crippen LogP contribution is 2.33. The molecule has 26 heavy (non-hydrogen) atoms. The molecule has 0 atom stereocenters. The Kier molecular flexibility index (Phi) is 3.34. The number of hydrogen-bond donors (Lipinski definition) is 1. The maximum Gasteiger partial charge on any atom is 0.416 e. The molecule has 2 aromatic carbocycles. The molecule has 0 aliphatic heterocycles. The Bertz CT molecular complexity index is 1180. The minimum Gasteiger partial charge on any atom is -0.384 e. The number of halogens is 3. The fourth-order valence-corrected chi connectivity index (χ4v) is 2.83. The summed E-state index contributed by atoms with van der Waals surface area (Å²) in [6.07, 6.45) is -4.43. The monoisotopic (exact) mass is 353 g/mol. The predicted molar refractivity (Wildman–Crippen MR) is 90.5 cm³/mol. The van der Waals surface area contributed by atoms with Gasteiger partial charge in [-0.2, -0.15) is 18.4 Å². The molecule has 128 valence electrons. The maximum atomic E-state index is 12.8. The van der Waals surface area contributed by atoms with Gasteiger partial charge >= 0.3 is 6.18 Å². The number of nitrogens with zero attached hydrogens (tertiary/aromatic N) is 4. The number of para-hydroxylation sites is 2. The van der Waals surface area contributed by atoms with E-state index in [1.54, 1.807) is 24.3 Å². The summed E-state index contributed by atoms with van der Waals surface area (Å²) >= 11 is 0. The third-order valence-corrected chi connectivity index (χ3v) is 4.06. The third-order valence-electron chi connectivity index (χ3n) is 4.06. The number of nitriles is 1. The third kappa shape index (κ3) is 2.33. The van der Waals surface area contributed by atoms with Crippen LogP contribution in [0.3, 0.4) is 0 Å². The zero-order valence-corrected chi connectivity index (χ0v) is 13.1. The van der Waals surface area contributed by atoms with Crippen molar-refractivity contribution in [1.29, 1.82) is 5.26 Å². The molecule has 5 nitrogen and oxygen atoms in total. The number of hydrogen-bond acceptors (Lipinski definition) is 4. The molecule has 0 aliphatic rings. The van der Waals surface area contributed by atoms with Crippen molar-refractivity contribution in [3.63, 3.8) is 0 Å². The van der Waals surface area contributed by atoms with Crippen molar-refractivity contribution in [2.24, 2.45) is 0 Å². The Balaban J connectivity index is 2.01. The summed E-state index contributed by atoms with van der Waals surface area (Å²) in [4.78, 5) is 8.95. The fraction of sp³-hybridized carbons (Fsp3) is 0.0556. The van der Waals surface area contributed by atoms with Gasteiger partial charge in [-0.05, 0) is 36.4 Å². The first kappa shape index (κ1) is 15.9. The molecule has 8 heteroatoms. The highest BCUT2D eigenvalue weighted by atomic mass is 19.4. The Hall–Kier alpha value is -3.60. The molecule has 4 aromatic rings. The van der Waals surface area contributed by atoms with Crippen molar-refractivity contribution in [3.05, 3.63) is 59.7 Å². The Morgan fingerprint density at radius 2 is 1.58 bits per heavy atom. The summed E-state index contributed by atoms with van der Waals surface area (Å²) in [5, 5.41) is 9.44. The number of benzene rings is 2. The first-order chi connectivity index (χ1) is 12.4. The smallest absolute Gasteiger partial charge is 0.384 e. The van der Waals surface area contributed by atoms with Crippen LogP contribution in [0.4, 0.5) is 19.0 Å². The van der Waals surface area contributed by atoms with E-state index in [2.05, 4.69) is 9.97 Å². The van der Waals surface area contributed by atoms with Crippen LogP contribution in [-0.2, 0) is 6.18 Å². The first-order valence-electron chi connectivity index (χ1n) is 7.54. The van der Waals surface area contributed by atoms with Crippen LogP contribution in [0, 0.1) is 11.3 Å². The van der Waals surface area contributed by atoms with Gasteiger partial charge in [0.25, 0.3) is 0 Å². The summed E-state index contributed by atoms with van der Waals surface area (Å²) in [6, 6.07) is 13.6. The minimum atomic E-state index is -4.43. The molecule has 0 saturated heterocycles. The number of nitrogens with two attached hydrogens (primary N) is 1. The van der Waals surface area contributed by atoms with Gasteiger partial charge in [-0.25, -0.2) is 9.97 Å². The van der Waals surface area contributed by atoms with Crippen molar-refractivity contribution in [1.82, 2.24) is 14.5 Å². The molecule has 0 radical (unpaired) electrons. The van der Waals surface area contributed by atoms with Gasteiger partial charge in [0, 0.05) is 5.69 Å². The number of nitrogen functional groups attached to an aromatic ring is 1. The van der Waals surface area contributed by atoms with Crippen LogP contribution in [0.1, 0.15) is 11.1 Å². The van der Waals surface area contributed by atoms with Gasteiger partial charge in [0.05, 0.1) is 16.6 Å². The van der Waals surface area contributed by atoms with Crippen LogP contribution < -0.4 is 5.73 Å². The van der Waals surface area contributed by atoms with Gasteiger partial charge in [-0.3, -0.25) is 4.57 Å². The Labute approximate surface area is 145 Å². The maximum absolute atomic E-state index is 12.8. The second kappa shape index (κ2) is 5.46. The molecular weight excluding hydrogens is 343 g/mol. The van der Waals surface area contributed by atoms with Crippen molar-refractivity contribution in [2.45, 2.75) is 6.18 Å². The molecule has 0 amide bonds. The van der Waals surface area contributed by atoms with Crippen molar-refractivity contribution >= 4 is 28.0 Å². The summed E-state index contributed by atoms with van der Waals surface area (Å²) in [5.74, 6) is 0.0811. The summed E-state index contributed by atoms with van der Waals surface area (Å²) < 4.78 is 39.8. The number of alkyl halides is 3. The second-order valence-electron chi connectivity index (χ2n) is 5.64. The highest BCUT2D eigenvalue weighted by Gasteiger charge is 2.30. The predicted octanol–water partition coefficient (Wildman–Crippen LogP) is 4.05. The Morgan fingerprint density at radius 3 is 2.15 bits per heavy atom. The molecule has 4 rings (SSSR count). The lowest BCUT2D eigenvalue weighted by molar-refractivity contribution is -0.137. The Morgan fingerprint density at radius 1 is 0.962 bits per heavy atom. The lowest BCUT2D eigenvalue weighted by atomic mass is 10.2. The minimum absolute atomic E-state index is 0.0811. The van der Waals surface area contributed by atoms with Gasteiger partial charge in [-0.1, -0.05) is 12.1 Å². The molecule has 0 bridgehead atoms. The lowest BCUT2D eigenvalue weighted by Crippen LogP contribution is -2.06. The van der Waals surface area contributed by atoms with Crippen molar-refractivity contribution in [2.75, 3.05) is 5.73 Å². The van der Waals surface area contributed by atoms with Gasteiger partial charge in [0.15, 0.2) is 5.65 Å². The lowest BCUT2D eigenvalue weighted by Gasteiger charge is -2.10. The van der Waals surface area contributed by atoms with E-state index in [1.165, 1.54) is 16.7 Å². The van der Waals surface area contributed by atoms with Crippen molar-refractivity contribution in [3.8, 4) is 11.8 Å². The van der Waals surface area contributed by atoms with E-state index < -0.39 is 11.7 Å². The quantitative estimate of drug-likeness (QED) is 0.560. The number of aromatic nitrogens is 3. The van der Waals surface area contributed by atoms with Crippen LogP contribution in [0.25, 0.3) is 27.9 Å². The van der Waals surface area contributed by atoms with Gasteiger partial charge < -0.3 is 5.73 Å². The van der Waals surface area contributed by atoms with Crippen LogP contribution in [0.2, 0.25) is 0 Å². The van der Waals surface area contributed by atoms with E-state index >= 15 is 0 Å². The summed E-state index contributed by atoms with van der Waals surface area (Å²) in [6.45, 7) is 0. The zero-order valence-electron chi connectivity index (χ0n) is 13.1. The van der Waals surface area contributed by atoms with E-state index in [0.717, 1.165) is 12.1 Å². The molecule has 2 heterocycles. The number of rotatable bonds is 1.